The molecule has 3 heteroatoms. The normalized spacial score (nSPS) is 21.7. The van der Waals surface area contributed by atoms with Crippen molar-refractivity contribution < 1.29 is 9.59 Å². The van der Waals surface area contributed by atoms with E-state index in [1.165, 1.54) is 0 Å². The summed E-state index contributed by atoms with van der Waals surface area (Å²) in [7, 11) is 0. The Bertz CT molecular complexity index is 183. The van der Waals surface area contributed by atoms with E-state index in [9.17, 15) is 9.59 Å². The summed E-state index contributed by atoms with van der Waals surface area (Å²) in [5, 5.41) is 0. The van der Waals surface area contributed by atoms with E-state index in [0.29, 0.717) is 6.42 Å². The molecule has 0 spiro atoms. The highest BCUT2D eigenvalue weighted by Gasteiger charge is 2.37. The largest absolute Gasteiger partial charge is 0.369 e. The second-order valence-corrected chi connectivity index (χ2v) is 3.58. The molecule has 2 N–H and O–H groups in total. The highest BCUT2D eigenvalue weighted by Crippen LogP contribution is 2.38. The predicted octanol–water partition coefficient (Wildman–Crippen LogP) is 1.01. The summed E-state index contributed by atoms with van der Waals surface area (Å²) in [5.74, 6) is -0.297. The van der Waals surface area contributed by atoms with Crippen LogP contribution in [0.25, 0.3) is 0 Å². The van der Waals surface area contributed by atoms with Crippen molar-refractivity contribution in [3.63, 3.8) is 0 Å². The molecule has 0 heterocycles. The van der Waals surface area contributed by atoms with Crippen LogP contribution in [0.2, 0.25) is 0 Å². The lowest BCUT2D eigenvalue weighted by Crippen LogP contribution is -2.39. The van der Waals surface area contributed by atoms with Crippen molar-refractivity contribution in [2.24, 2.45) is 11.1 Å². The molecule has 3 nitrogen and oxygen atoms in total. The Morgan fingerprint density at radius 1 is 1.33 bits per heavy atom. The number of hydrogen-bond acceptors (Lipinski definition) is 2. The average molecular weight is 169 g/mol. The summed E-state index contributed by atoms with van der Waals surface area (Å²) < 4.78 is 0. The summed E-state index contributed by atoms with van der Waals surface area (Å²) >= 11 is 0. The van der Waals surface area contributed by atoms with Gasteiger partial charge >= 0.3 is 0 Å². The van der Waals surface area contributed by atoms with Crippen molar-refractivity contribution in [2.45, 2.75) is 38.5 Å². The molecule has 68 valence electrons. The first-order valence-corrected chi connectivity index (χ1v) is 4.45. The van der Waals surface area contributed by atoms with Crippen molar-refractivity contribution in [3.8, 4) is 0 Å². The Morgan fingerprint density at radius 3 is 2.33 bits per heavy atom. The molecule has 0 saturated heterocycles. The number of nitrogens with two attached hydrogens (primary N) is 1. The van der Waals surface area contributed by atoms with Gasteiger partial charge < -0.3 is 10.5 Å². The third-order valence-corrected chi connectivity index (χ3v) is 2.81. The average Bonchev–Trinajstić information content (AvgIpc) is 2.06. The van der Waals surface area contributed by atoms with E-state index >= 15 is 0 Å². The number of primary amides is 1. The molecule has 0 radical (unpaired) electrons. The van der Waals surface area contributed by atoms with Crippen molar-refractivity contribution >= 4 is 12.2 Å². The van der Waals surface area contributed by atoms with E-state index in [-0.39, 0.29) is 5.91 Å². The topological polar surface area (TPSA) is 60.2 Å². The van der Waals surface area contributed by atoms with Crippen LogP contribution < -0.4 is 5.73 Å². The first kappa shape index (κ1) is 9.23. The van der Waals surface area contributed by atoms with E-state index in [1.54, 1.807) is 0 Å². The van der Waals surface area contributed by atoms with Crippen molar-refractivity contribution in [1.29, 1.82) is 0 Å². The van der Waals surface area contributed by atoms with Crippen molar-refractivity contribution in [1.82, 2.24) is 0 Å². The van der Waals surface area contributed by atoms with Crippen molar-refractivity contribution in [3.05, 3.63) is 0 Å². The standard InChI is InChI=1S/C9H15NO2/c10-8(12)9(6-7-11)4-2-1-3-5-9/h7H,1-6H2,(H2,10,12). The van der Waals surface area contributed by atoms with Crippen LogP contribution in [0.4, 0.5) is 0 Å². The Labute approximate surface area is 72.3 Å². The molecule has 0 aromatic heterocycles. The van der Waals surface area contributed by atoms with Crippen LogP contribution in [0.15, 0.2) is 0 Å². The zero-order valence-corrected chi connectivity index (χ0v) is 7.21. The second kappa shape index (κ2) is 3.70. The summed E-state index contributed by atoms with van der Waals surface area (Å²) in [4.78, 5) is 21.5. The van der Waals surface area contributed by atoms with Crippen LogP contribution in [0, 0.1) is 5.41 Å². The zero-order valence-electron chi connectivity index (χ0n) is 7.21. The van der Waals surface area contributed by atoms with E-state index < -0.39 is 5.41 Å². The zero-order chi connectivity index (χ0) is 9.03. The van der Waals surface area contributed by atoms with Gasteiger partial charge in [0.05, 0.1) is 5.41 Å². The summed E-state index contributed by atoms with van der Waals surface area (Å²) in [6.07, 6.45) is 5.92. The summed E-state index contributed by atoms with van der Waals surface area (Å²) in [5.41, 5.74) is 4.79. The van der Waals surface area contributed by atoms with Crippen LogP contribution in [0.1, 0.15) is 38.5 Å². The molecule has 0 aliphatic heterocycles. The smallest absolute Gasteiger partial charge is 0.224 e. The Kier molecular flexibility index (Phi) is 2.84. The Hall–Kier alpha value is -0.860. The maximum atomic E-state index is 11.1. The van der Waals surface area contributed by atoms with Crippen LogP contribution in [0.5, 0.6) is 0 Å². The monoisotopic (exact) mass is 169 g/mol. The van der Waals surface area contributed by atoms with Crippen molar-refractivity contribution in [2.75, 3.05) is 0 Å². The highest BCUT2D eigenvalue weighted by atomic mass is 16.1. The minimum absolute atomic E-state index is 0.297. The third-order valence-electron chi connectivity index (χ3n) is 2.81. The van der Waals surface area contributed by atoms with Gasteiger partial charge in [-0.2, -0.15) is 0 Å². The fourth-order valence-corrected chi connectivity index (χ4v) is 1.94. The predicted molar refractivity (Wildman–Crippen MR) is 45.4 cm³/mol. The molecule has 1 fully saturated rings. The van der Waals surface area contributed by atoms with Gasteiger partial charge in [-0.1, -0.05) is 19.3 Å². The van der Waals surface area contributed by atoms with Gasteiger partial charge in [0.15, 0.2) is 0 Å². The molecule has 12 heavy (non-hydrogen) atoms. The van der Waals surface area contributed by atoms with Gasteiger partial charge in [0.2, 0.25) is 5.91 Å². The van der Waals surface area contributed by atoms with Gasteiger partial charge in [-0.15, -0.1) is 0 Å². The maximum Gasteiger partial charge on any atom is 0.224 e. The summed E-state index contributed by atoms with van der Waals surface area (Å²) in [6.45, 7) is 0. The van der Waals surface area contributed by atoms with E-state index in [1.807, 2.05) is 0 Å². The molecule has 0 bridgehead atoms. The van der Waals surface area contributed by atoms with Gasteiger partial charge in [-0.05, 0) is 12.8 Å². The number of amides is 1. The molecular formula is C9H15NO2. The van der Waals surface area contributed by atoms with Gasteiger partial charge in [0, 0.05) is 6.42 Å². The third kappa shape index (κ3) is 1.65. The van der Waals surface area contributed by atoms with E-state index in [2.05, 4.69) is 0 Å². The van der Waals surface area contributed by atoms with Gasteiger partial charge in [0.25, 0.3) is 0 Å². The number of aldehydes is 1. The molecular weight excluding hydrogens is 154 g/mol. The fourth-order valence-electron chi connectivity index (χ4n) is 1.94. The maximum absolute atomic E-state index is 11.1. The quantitative estimate of drug-likeness (QED) is 0.641. The van der Waals surface area contributed by atoms with Crippen LogP contribution in [0.3, 0.4) is 0 Å². The number of carbonyl (C=O) groups excluding carboxylic acids is 2. The Morgan fingerprint density at radius 2 is 1.92 bits per heavy atom. The van der Waals surface area contributed by atoms with Crippen LogP contribution in [-0.4, -0.2) is 12.2 Å². The minimum Gasteiger partial charge on any atom is -0.369 e. The molecule has 1 saturated carbocycles. The molecule has 0 aromatic rings. The molecule has 0 aromatic carbocycles. The number of rotatable bonds is 3. The SMILES string of the molecule is NC(=O)C1(CC=O)CCCCC1. The molecule has 0 unspecified atom stereocenters. The Balaban J connectivity index is 2.69. The van der Waals surface area contributed by atoms with Gasteiger partial charge in [0.1, 0.15) is 6.29 Å². The first-order valence-electron chi connectivity index (χ1n) is 4.45. The first-order chi connectivity index (χ1) is 5.71. The molecule has 1 aliphatic carbocycles. The fraction of sp³-hybridized carbons (Fsp3) is 0.778. The number of carbonyl (C=O) groups is 2. The van der Waals surface area contributed by atoms with Gasteiger partial charge in [-0.25, -0.2) is 0 Å². The second-order valence-electron chi connectivity index (χ2n) is 3.58. The molecule has 1 amide bonds. The summed E-state index contributed by atoms with van der Waals surface area (Å²) in [6, 6.07) is 0. The lowest BCUT2D eigenvalue weighted by atomic mass is 9.71. The number of hydrogen-bond donors (Lipinski definition) is 1. The van der Waals surface area contributed by atoms with E-state index in [0.717, 1.165) is 38.4 Å². The van der Waals surface area contributed by atoms with Crippen LogP contribution in [-0.2, 0) is 9.59 Å². The lowest BCUT2D eigenvalue weighted by Gasteiger charge is -2.32. The van der Waals surface area contributed by atoms with E-state index in [4.69, 9.17) is 5.73 Å². The molecule has 1 rings (SSSR count). The van der Waals surface area contributed by atoms with Gasteiger partial charge in [-0.3, -0.25) is 4.79 Å². The molecule has 0 atom stereocenters. The minimum atomic E-state index is -0.500. The molecule has 1 aliphatic rings. The lowest BCUT2D eigenvalue weighted by molar-refractivity contribution is -0.132. The highest BCUT2D eigenvalue weighted by molar-refractivity contribution is 5.83. The van der Waals surface area contributed by atoms with Crippen LogP contribution >= 0.6 is 0 Å².